The lowest BCUT2D eigenvalue weighted by atomic mass is 10.00. The van der Waals surface area contributed by atoms with Crippen molar-refractivity contribution in [2.24, 2.45) is 5.92 Å². The lowest BCUT2D eigenvalue weighted by Gasteiger charge is -2.22. The second-order valence-corrected chi connectivity index (χ2v) is 5.57. The zero-order valence-electron chi connectivity index (χ0n) is 12.8. The summed E-state index contributed by atoms with van der Waals surface area (Å²) in [6, 6.07) is 5.97. The molecule has 1 unspecified atom stereocenters. The Morgan fingerprint density at radius 3 is 2.90 bits per heavy atom. The van der Waals surface area contributed by atoms with Gasteiger partial charge in [0.05, 0.1) is 0 Å². The second-order valence-electron chi connectivity index (χ2n) is 5.57. The molecule has 0 bridgehead atoms. The highest BCUT2D eigenvalue weighted by atomic mass is 35.5. The van der Waals surface area contributed by atoms with E-state index in [-0.39, 0.29) is 24.9 Å². The Labute approximate surface area is 133 Å². The molecule has 2 N–H and O–H groups in total. The van der Waals surface area contributed by atoms with Gasteiger partial charge < -0.3 is 15.4 Å². The molecule has 0 spiro atoms. The smallest absolute Gasteiger partial charge is 0.257 e. The van der Waals surface area contributed by atoms with E-state index in [2.05, 4.69) is 16.7 Å². The first-order chi connectivity index (χ1) is 9.65. The summed E-state index contributed by atoms with van der Waals surface area (Å²) in [6.07, 6.45) is 2.38. The molecule has 0 aromatic heterocycles. The van der Waals surface area contributed by atoms with Crippen molar-refractivity contribution in [3.8, 4) is 5.75 Å². The number of aryl methyl sites for hydroxylation is 2. The standard InChI is InChI=1S/C16H24N2O2.ClH/c1-12-5-6-15(13(2)8-12)20-11-16(19)18-10-14-4-3-7-17-9-14;/h5-6,8,14,17H,3-4,7,9-11H2,1-2H3,(H,18,19);1H. The van der Waals surface area contributed by atoms with Gasteiger partial charge in [0, 0.05) is 6.54 Å². The van der Waals surface area contributed by atoms with Gasteiger partial charge in [-0.2, -0.15) is 0 Å². The first kappa shape index (κ1) is 17.8. The van der Waals surface area contributed by atoms with Crippen LogP contribution in [0.25, 0.3) is 0 Å². The lowest BCUT2D eigenvalue weighted by molar-refractivity contribution is -0.123. The van der Waals surface area contributed by atoms with E-state index < -0.39 is 0 Å². The van der Waals surface area contributed by atoms with Crippen LogP contribution in [0.3, 0.4) is 0 Å². The number of carbonyl (C=O) groups is 1. The van der Waals surface area contributed by atoms with Crippen molar-refractivity contribution in [3.63, 3.8) is 0 Å². The largest absolute Gasteiger partial charge is 0.484 e. The Balaban J connectivity index is 0.00000220. The van der Waals surface area contributed by atoms with E-state index in [0.29, 0.717) is 5.92 Å². The average Bonchev–Trinajstić information content (AvgIpc) is 2.45. The van der Waals surface area contributed by atoms with Gasteiger partial charge >= 0.3 is 0 Å². The molecule has 1 aromatic carbocycles. The number of piperidine rings is 1. The summed E-state index contributed by atoms with van der Waals surface area (Å²) in [6.45, 7) is 6.96. The molecule has 1 atom stereocenters. The number of hydrogen-bond acceptors (Lipinski definition) is 3. The topological polar surface area (TPSA) is 50.4 Å². The van der Waals surface area contributed by atoms with Crippen molar-refractivity contribution in [1.29, 1.82) is 0 Å². The highest BCUT2D eigenvalue weighted by Gasteiger charge is 2.14. The van der Waals surface area contributed by atoms with Crippen molar-refractivity contribution in [2.45, 2.75) is 26.7 Å². The molecule has 1 aliphatic rings. The normalized spacial score (nSPS) is 17.7. The van der Waals surface area contributed by atoms with E-state index in [0.717, 1.165) is 30.9 Å². The van der Waals surface area contributed by atoms with Crippen LogP contribution in [0.2, 0.25) is 0 Å². The van der Waals surface area contributed by atoms with Crippen LogP contribution in [0.1, 0.15) is 24.0 Å². The van der Waals surface area contributed by atoms with Gasteiger partial charge in [-0.15, -0.1) is 12.4 Å². The van der Waals surface area contributed by atoms with Crippen LogP contribution in [-0.2, 0) is 4.79 Å². The van der Waals surface area contributed by atoms with Gasteiger partial charge in [0.15, 0.2) is 6.61 Å². The van der Waals surface area contributed by atoms with E-state index in [9.17, 15) is 4.79 Å². The fraction of sp³-hybridized carbons (Fsp3) is 0.562. The van der Waals surface area contributed by atoms with Crippen LogP contribution < -0.4 is 15.4 Å². The third kappa shape index (κ3) is 5.94. The number of benzene rings is 1. The SMILES string of the molecule is Cc1ccc(OCC(=O)NCC2CCCNC2)c(C)c1.Cl. The summed E-state index contributed by atoms with van der Waals surface area (Å²) >= 11 is 0. The zero-order chi connectivity index (χ0) is 14.4. The molecule has 0 aliphatic carbocycles. The van der Waals surface area contributed by atoms with Gasteiger partial charge in [-0.05, 0) is 57.3 Å². The van der Waals surface area contributed by atoms with Crippen molar-refractivity contribution < 1.29 is 9.53 Å². The molecule has 1 aliphatic heterocycles. The van der Waals surface area contributed by atoms with Crippen LogP contribution in [0.5, 0.6) is 5.75 Å². The molecule has 5 heteroatoms. The molecule has 1 fully saturated rings. The predicted octanol–water partition coefficient (Wildman–Crippen LogP) is 2.22. The van der Waals surface area contributed by atoms with Crippen LogP contribution in [-0.4, -0.2) is 32.1 Å². The number of hydrogen-bond donors (Lipinski definition) is 2. The molecule has 0 radical (unpaired) electrons. The monoisotopic (exact) mass is 312 g/mol. The summed E-state index contributed by atoms with van der Waals surface area (Å²) in [5.41, 5.74) is 2.26. The third-order valence-corrected chi connectivity index (χ3v) is 3.68. The van der Waals surface area contributed by atoms with E-state index in [1.165, 1.54) is 18.4 Å². The van der Waals surface area contributed by atoms with Gasteiger partial charge in [-0.25, -0.2) is 0 Å². The van der Waals surface area contributed by atoms with Gasteiger partial charge in [0.1, 0.15) is 5.75 Å². The molecule has 0 saturated carbocycles. The van der Waals surface area contributed by atoms with Gasteiger partial charge in [0.25, 0.3) is 5.91 Å². The van der Waals surface area contributed by atoms with E-state index in [4.69, 9.17) is 4.74 Å². The zero-order valence-corrected chi connectivity index (χ0v) is 13.6. The van der Waals surface area contributed by atoms with E-state index in [1.54, 1.807) is 0 Å². The maximum atomic E-state index is 11.8. The molecule has 1 amide bonds. The average molecular weight is 313 g/mol. The van der Waals surface area contributed by atoms with E-state index >= 15 is 0 Å². The minimum Gasteiger partial charge on any atom is -0.484 e. The molecule has 2 rings (SSSR count). The number of amides is 1. The quantitative estimate of drug-likeness (QED) is 0.876. The fourth-order valence-electron chi connectivity index (χ4n) is 2.51. The maximum Gasteiger partial charge on any atom is 0.257 e. The van der Waals surface area contributed by atoms with E-state index in [1.807, 2.05) is 26.0 Å². The van der Waals surface area contributed by atoms with Gasteiger partial charge in [0.2, 0.25) is 0 Å². The summed E-state index contributed by atoms with van der Waals surface area (Å²) in [5, 5.41) is 6.30. The summed E-state index contributed by atoms with van der Waals surface area (Å²) in [7, 11) is 0. The summed E-state index contributed by atoms with van der Waals surface area (Å²) in [5.74, 6) is 1.29. The molecule has 1 heterocycles. The molecule has 118 valence electrons. The minimum absolute atomic E-state index is 0. The number of carbonyl (C=O) groups excluding carboxylic acids is 1. The summed E-state index contributed by atoms with van der Waals surface area (Å²) < 4.78 is 5.57. The molecule has 1 saturated heterocycles. The fourth-order valence-corrected chi connectivity index (χ4v) is 2.51. The summed E-state index contributed by atoms with van der Waals surface area (Å²) in [4.78, 5) is 11.8. The van der Waals surface area contributed by atoms with Crippen molar-refractivity contribution in [1.82, 2.24) is 10.6 Å². The molecule has 4 nitrogen and oxygen atoms in total. The van der Waals surface area contributed by atoms with Crippen molar-refractivity contribution >= 4 is 18.3 Å². The lowest BCUT2D eigenvalue weighted by Crippen LogP contribution is -2.39. The van der Waals surface area contributed by atoms with Crippen LogP contribution in [0.15, 0.2) is 18.2 Å². The number of rotatable bonds is 5. The Morgan fingerprint density at radius 1 is 1.43 bits per heavy atom. The first-order valence-corrected chi connectivity index (χ1v) is 7.32. The first-order valence-electron chi connectivity index (χ1n) is 7.32. The second kappa shape index (κ2) is 8.90. The predicted molar refractivity (Wildman–Crippen MR) is 87.3 cm³/mol. The van der Waals surface area contributed by atoms with Gasteiger partial charge in [-0.1, -0.05) is 17.7 Å². The Kier molecular flexibility index (Phi) is 7.54. The molecular formula is C16H25ClN2O2. The molecular weight excluding hydrogens is 288 g/mol. The van der Waals surface area contributed by atoms with Crippen LogP contribution in [0, 0.1) is 19.8 Å². The minimum atomic E-state index is -0.0458. The Morgan fingerprint density at radius 2 is 2.24 bits per heavy atom. The Bertz CT molecular complexity index is 460. The highest BCUT2D eigenvalue weighted by molar-refractivity contribution is 5.85. The highest BCUT2D eigenvalue weighted by Crippen LogP contribution is 2.18. The van der Waals surface area contributed by atoms with Crippen LogP contribution in [0.4, 0.5) is 0 Å². The molecule has 21 heavy (non-hydrogen) atoms. The van der Waals surface area contributed by atoms with Crippen LogP contribution >= 0.6 is 12.4 Å². The molecule has 1 aromatic rings. The number of halogens is 1. The third-order valence-electron chi connectivity index (χ3n) is 3.68. The number of nitrogens with one attached hydrogen (secondary N) is 2. The van der Waals surface area contributed by atoms with Crippen molar-refractivity contribution in [2.75, 3.05) is 26.2 Å². The number of ether oxygens (including phenoxy) is 1. The van der Waals surface area contributed by atoms with Gasteiger partial charge in [-0.3, -0.25) is 4.79 Å². The Hall–Kier alpha value is -1.26. The van der Waals surface area contributed by atoms with Crippen molar-refractivity contribution in [3.05, 3.63) is 29.3 Å². The maximum absolute atomic E-state index is 11.8.